The highest BCUT2D eigenvalue weighted by Crippen LogP contribution is 2.26. The number of benzene rings is 2. The van der Waals surface area contributed by atoms with E-state index in [2.05, 4.69) is 23.3 Å². The second kappa shape index (κ2) is 9.90. The first-order valence-corrected chi connectivity index (χ1v) is 10.6. The maximum atomic E-state index is 14.7. The van der Waals surface area contributed by atoms with Crippen LogP contribution in [0.5, 0.6) is 0 Å². The maximum Gasteiger partial charge on any atom is 0.150 e. The summed E-state index contributed by atoms with van der Waals surface area (Å²) in [6.45, 7) is 2.79. The van der Waals surface area contributed by atoms with E-state index in [9.17, 15) is 9.18 Å². The Labute approximate surface area is 179 Å². The minimum Gasteiger partial charge on any atom is -0.397 e. The number of aryl methyl sites for hydroxylation is 1. The number of hydrogen-bond donors (Lipinski definition) is 2. The molecule has 0 aromatic heterocycles. The molecule has 1 fully saturated rings. The molecule has 0 amide bonds. The molecule has 4 nitrogen and oxygen atoms in total. The molecule has 1 aliphatic rings. The smallest absolute Gasteiger partial charge is 0.150 e. The largest absolute Gasteiger partial charge is 0.397 e. The van der Waals surface area contributed by atoms with Crippen LogP contribution in [0, 0.1) is 12.7 Å². The van der Waals surface area contributed by atoms with Crippen molar-refractivity contribution in [3.8, 4) is 0 Å². The summed E-state index contributed by atoms with van der Waals surface area (Å²) >= 11 is 0. The van der Waals surface area contributed by atoms with E-state index in [1.807, 2.05) is 19.1 Å². The van der Waals surface area contributed by atoms with E-state index < -0.39 is 0 Å². The summed E-state index contributed by atoms with van der Waals surface area (Å²) in [6, 6.07) is 9.65. The Balaban J connectivity index is 1.81. The fourth-order valence-electron chi connectivity index (χ4n) is 4.33. The Kier molecular flexibility index (Phi) is 7.27. The van der Waals surface area contributed by atoms with Crippen molar-refractivity contribution < 1.29 is 9.18 Å². The Morgan fingerprint density at radius 3 is 2.57 bits per heavy atom. The SMILES string of the molecule is CN/C=C(\N)c1ccc(Cc2cc(C=O)c(CN(C)C3CCCC3)cc2C)c(F)c1. The van der Waals surface area contributed by atoms with Crippen LogP contribution in [0.2, 0.25) is 0 Å². The zero-order chi connectivity index (χ0) is 21.7. The summed E-state index contributed by atoms with van der Waals surface area (Å²) < 4.78 is 14.7. The molecular formula is C25H32FN3O. The molecule has 0 atom stereocenters. The first kappa shape index (κ1) is 22.0. The van der Waals surface area contributed by atoms with Crippen molar-refractivity contribution in [1.82, 2.24) is 10.2 Å². The van der Waals surface area contributed by atoms with Gasteiger partial charge in [0, 0.05) is 43.4 Å². The van der Waals surface area contributed by atoms with Crippen LogP contribution in [-0.4, -0.2) is 31.3 Å². The van der Waals surface area contributed by atoms with Crippen molar-refractivity contribution >= 4 is 12.0 Å². The number of nitrogens with one attached hydrogen (secondary N) is 1. The number of carbonyl (C=O) groups is 1. The molecule has 5 heteroatoms. The summed E-state index contributed by atoms with van der Waals surface area (Å²) in [4.78, 5) is 14.1. The number of nitrogens with zero attached hydrogens (tertiary/aromatic N) is 1. The van der Waals surface area contributed by atoms with Crippen molar-refractivity contribution in [2.45, 2.75) is 51.6 Å². The maximum absolute atomic E-state index is 14.7. The second-order valence-corrected chi connectivity index (χ2v) is 8.32. The lowest BCUT2D eigenvalue weighted by Crippen LogP contribution is -2.29. The summed E-state index contributed by atoms with van der Waals surface area (Å²) in [5.74, 6) is -0.294. The number of hydrogen-bond acceptors (Lipinski definition) is 4. The van der Waals surface area contributed by atoms with Gasteiger partial charge < -0.3 is 11.1 Å². The van der Waals surface area contributed by atoms with Gasteiger partial charge in [-0.15, -0.1) is 0 Å². The first-order chi connectivity index (χ1) is 14.4. The van der Waals surface area contributed by atoms with Gasteiger partial charge in [0.2, 0.25) is 0 Å². The van der Waals surface area contributed by atoms with Crippen molar-refractivity contribution in [2.24, 2.45) is 5.73 Å². The molecular weight excluding hydrogens is 377 g/mol. The van der Waals surface area contributed by atoms with Gasteiger partial charge in [-0.05, 0) is 61.2 Å². The van der Waals surface area contributed by atoms with Gasteiger partial charge in [0.15, 0.2) is 0 Å². The van der Waals surface area contributed by atoms with Crippen LogP contribution in [0.1, 0.15) is 63.9 Å². The quantitative estimate of drug-likeness (QED) is 0.635. The van der Waals surface area contributed by atoms with E-state index in [1.165, 1.54) is 31.7 Å². The predicted molar refractivity (Wildman–Crippen MR) is 121 cm³/mol. The molecule has 0 aliphatic heterocycles. The van der Waals surface area contributed by atoms with Crippen LogP contribution in [0.25, 0.3) is 5.70 Å². The lowest BCUT2D eigenvalue weighted by Gasteiger charge is -2.25. The fourth-order valence-corrected chi connectivity index (χ4v) is 4.33. The molecule has 0 bridgehead atoms. The summed E-state index contributed by atoms with van der Waals surface area (Å²) in [5.41, 5.74) is 11.4. The Morgan fingerprint density at radius 1 is 1.20 bits per heavy atom. The van der Waals surface area contributed by atoms with E-state index in [4.69, 9.17) is 5.73 Å². The molecule has 30 heavy (non-hydrogen) atoms. The number of halogens is 1. The van der Waals surface area contributed by atoms with Gasteiger partial charge in [-0.25, -0.2) is 4.39 Å². The van der Waals surface area contributed by atoms with Gasteiger partial charge in [-0.1, -0.05) is 31.0 Å². The van der Waals surface area contributed by atoms with Gasteiger partial charge in [0.25, 0.3) is 0 Å². The van der Waals surface area contributed by atoms with Crippen molar-refractivity contribution in [3.63, 3.8) is 0 Å². The van der Waals surface area contributed by atoms with Crippen LogP contribution >= 0.6 is 0 Å². The third-order valence-corrected chi connectivity index (χ3v) is 6.16. The van der Waals surface area contributed by atoms with E-state index in [-0.39, 0.29) is 5.82 Å². The second-order valence-electron chi connectivity index (χ2n) is 8.32. The number of carbonyl (C=O) groups excluding carboxylic acids is 1. The van der Waals surface area contributed by atoms with Gasteiger partial charge in [-0.2, -0.15) is 0 Å². The molecule has 1 aliphatic carbocycles. The number of aldehydes is 1. The van der Waals surface area contributed by atoms with Gasteiger partial charge in [0.1, 0.15) is 12.1 Å². The van der Waals surface area contributed by atoms with Crippen LogP contribution in [-0.2, 0) is 13.0 Å². The Bertz CT molecular complexity index is 932. The molecule has 2 aromatic carbocycles. The molecule has 0 saturated heterocycles. The Morgan fingerprint density at radius 2 is 1.93 bits per heavy atom. The lowest BCUT2D eigenvalue weighted by atomic mass is 9.94. The average molecular weight is 410 g/mol. The molecule has 160 valence electrons. The molecule has 0 radical (unpaired) electrons. The third-order valence-electron chi connectivity index (χ3n) is 6.16. The van der Waals surface area contributed by atoms with Crippen LogP contribution in [0.4, 0.5) is 4.39 Å². The van der Waals surface area contributed by atoms with Crippen LogP contribution < -0.4 is 11.1 Å². The minimum atomic E-state index is -0.294. The van der Waals surface area contributed by atoms with Crippen molar-refractivity contribution in [1.29, 1.82) is 0 Å². The molecule has 0 spiro atoms. The molecule has 1 saturated carbocycles. The third kappa shape index (κ3) is 5.08. The topological polar surface area (TPSA) is 58.4 Å². The van der Waals surface area contributed by atoms with Crippen LogP contribution in [0.3, 0.4) is 0 Å². The molecule has 0 unspecified atom stereocenters. The van der Waals surface area contributed by atoms with E-state index >= 15 is 0 Å². The predicted octanol–water partition coefficient (Wildman–Crippen LogP) is 4.39. The minimum absolute atomic E-state index is 0.294. The summed E-state index contributed by atoms with van der Waals surface area (Å²) in [7, 11) is 3.89. The van der Waals surface area contributed by atoms with Crippen LogP contribution in [0.15, 0.2) is 36.5 Å². The number of nitrogens with two attached hydrogens (primary N) is 1. The molecule has 3 N–H and O–H groups in total. The Hall–Kier alpha value is -2.66. The lowest BCUT2D eigenvalue weighted by molar-refractivity contribution is 0.112. The highest BCUT2D eigenvalue weighted by molar-refractivity contribution is 5.78. The van der Waals surface area contributed by atoms with Gasteiger partial charge in [-0.3, -0.25) is 9.69 Å². The monoisotopic (exact) mass is 409 g/mol. The zero-order valence-electron chi connectivity index (χ0n) is 18.2. The van der Waals surface area contributed by atoms with E-state index in [1.54, 1.807) is 19.3 Å². The fraction of sp³-hybridized carbons (Fsp3) is 0.400. The van der Waals surface area contributed by atoms with Crippen molar-refractivity contribution in [3.05, 3.63) is 75.7 Å². The molecule has 0 heterocycles. The first-order valence-electron chi connectivity index (χ1n) is 10.6. The average Bonchev–Trinajstić information content (AvgIpc) is 3.26. The summed E-state index contributed by atoms with van der Waals surface area (Å²) in [6.07, 6.45) is 8.02. The highest BCUT2D eigenvalue weighted by atomic mass is 19.1. The molecule has 2 aromatic rings. The van der Waals surface area contributed by atoms with Crippen molar-refractivity contribution in [2.75, 3.05) is 14.1 Å². The number of rotatable bonds is 8. The molecule has 3 rings (SSSR count). The summed E-state index contributed by atoms with van der Waals surface area (Å²) in [5, 5.41) is 2.85. The van der Waals surface area contributed by atoms with E-state index in [0.29, 0.717) is 34.9 Å². The highest BCUT2D eigenvalue weighted by Gasteiger charge is 2.20. The van der Waals surface area contributed by atoms with Gasteiger partial charge >= 0.3 is 0 Å². The zero-order valence-corrected chi connectivity index (χ0v) is 18.2. The standard InChI is InChI=1S/C25H32FN3O/c1-17-10-21(15-29(3)23-6-4-5-7-23)22(16-30)12-20(17)11-18-8-9-19(13-24(18)26)25(27)14-28-2/h8-10,12-14,16,23,28H,4-7,11,15,27H2,1-3H3/b25-14-. The van der Waals surface area contributed by atoms with E-state index in [0.717, 1.165) is 29.5 Å². The normalized spacial score (nSPS) is 15.0. The van der Waals surface area contributed by atoms with Gasteiger partial charge in [0.05, 0.1) is 5.70 Å².